The molecule has 3 rings (SSSR count). The molecule has 144 valence electrons. The molecule has 0 spiro atoms. The second-order valence-corrected chi connectivity index (χ2v) is 8.21. The second-order valence-electron chi connectivity index (χ2n) is 8.21. The van der Waals surface area contributed by atoms with Crippen molar-refractivity contribution in [1.82, 2.24) is 9.80 Å². The molecular formula is C21H34N4O. The minimum absolute atomic E-state index is 0.0666. The van der Waals surface area contributed by atoms with Crippen LogP contribution in [0.25, 0.3) is 0 Å². The molecule has 0 saturated carbocycles. The van der Waals surface area contributed by atoms with E-state index < -0.39 is 0 Å². The van der Waals surface area contributed by atoms with Crippen molar-refractivity contribution < 1.29 is 4.79 Å². The molecule has 2 heterocycles. The number of benzene rings is 1. The lowest BCUT2D eigenvalue weighted by Gasteiger charge is -2.38. The van der Waals surface area contributed by atoms with E-state index in [-0.39, 0.29) is 6.03 Å². The van der Waals surface area contributed by atoms with Crippen molar-refractivity contribution >= 4 is 17.4 Å². The van der Waals surface area contributed by atoms with E-state index in [1.54, 1.807) is 0 Å². The number of nitrogens with one attached hydrogen (secondary N) is 1. The number of likely N-dealkylation sites (tertiary alicyclic amines) is 1. The third kappa shape index (κ3) is 4.70. The van der Waals surface area contributed by atoms with Crippen LogP contribution < -0.4 is 10.2 Å². The maximum atomic E-state index is 13.0. The van der Waals surface area contributed by atoms with Crippen LogP contribution in [0.15, 0.2) is 24.3 Å². The van der Waals surface area contributed by atoms with Crippen molar-refractivity contribution in [2.45, 2.75) is 45.6 Å². The Morgan fingerprint density at radius 2 is 1.85 bits per heavy atom. The maximum Gasteiger partial charge on any atom is 0.322 e. The van der Waals surface area contributed by atoms with E-state index >= 15 is 0 Å². The van der Waals surface area contributed by atoms with E-state index in [0.717, 1.165) is 63.4 Å². The molecule has 2 fully saturated rings. The SMILES string of the molecule is CC(C)CC1CCCCN1C(=O)Nc1ccccc1N1CCN(C)CC1. The number of nitrogens with zero attached hydrogens (tertiary/aromatic N) is 3. The molecule has 2 aliphatic rings. The minimum Gasteiger partial charge on any atom is -0.367 e. The largest absolute Gasteiger partial charge is 0.367 e. The summed E-state index contributed by atoms with van der Waals surface area (Å²) in [6.07, 6.45) is 4.57. The first-order valence-corrected chi connectivity index (χ1v) is 10.1. The summed E-state index contributed by atoms with van der Waals surface area (Å²) >= 11 is 0. The molecule has 0 aliphatic carbocycles. The van der Waals surface area contributed by atoms with Gasteiger partial charge in [-0.2, -0.15) is 0 Å². The van der Waals surface area contributed by atoms with Gasteiger partial charge in [-0.05, 0) is 50.8 Å². The summed E-state index contributed by atoms with van der Waals surface area (Å²) in [5.74, 6) is 0.617. The fraction of sp³-hybridized carbons (Fsp3) is 0.667. The maximum absolute atomic E-state index is 13.0. The summed E-state index contributed by atoms with van der Waals surface area (Å²) in [7, 11) is 2.16. The number of carbonyl (C=O) groups is 1. The molecule has 26 heavy (non-hydrogen) atoms. The van der Waals surface area contributed by atoms with Gasteiger partial charge in [0.15, 0.2) is 0 Å². The predicted molar refractivity (Wildman–Crippen MR) is 109 cm³/mol. The Balaban J connectivity index is 1.70. The van der Waals surface area contributed by atoms with E-state index in [1.165, 1.54) is 6.42 Å². The molecule has 0 bridgehead atoms. The predicted octanol–water partition coefficient (Wildman–Crippen LogP) is 3.87. The van der Waals surface area contributed by atoms with Gasteiger partial charge in [-0.15, -0.1) is 0 Å². The fourth-order valence-corrected chi connectivity index (χ4v) is 4.15. The number of amides is 2. The summed E-state index contributed by atoms with van der Waals surface area (Å²) in [4.78, 5) is 19.8. The highest BCUT2D eigenvalue weighted by atomic mass is 16.2. The molecule has 2 aliphatic heterocycles. The van der Waals surface area contributed by atoms with Crippen LogP contribution in [0.1, 0.15) is 39.5 Å². The lowest BCUT2D eigenvalue weighted by Crippen LogP contribution is -2.47. The number of rotatable bonds is 4. The minimum atomic E-state index is 0.0666. The summed E-state index contributed by atoms with van der Waals surface area (Å²) in [5, 5.41) is 3.22. The average Bonchev–Trinajstić information content (AvgIpc) is 2.63. The van der Waals surface area contributed by atoms with Crippen molar-refractivity contribution in [3.05, 3.63) is 24.3 Å². The number of piperazine rings is 1. The third-order valence-corrected chi connectivity index (χ3v) is 5.62. The lowest BCUT2D eigenvalue weighted by atomic mass is 9.94. The molecule has 1 N–H and O–H groups in total. The third-order valence-electron chi connectivity index (χ3n) is 5.62. The number of likely N-dealkylation sites (N-methyl/N-ethyl adjacent to an activating group) is 1. The summed E-state index contributed by atoms with van der Waals surface area (Å²) in [6.45, 7) is 9.49. The number of urea groups is 1. The standard InChI is InChI=1S/C21H34N4O/c1-17(2)16-18-8-6-7-11-25(18)21(26)22-19-9-4-5-10-20(19)24-14-12-23(3)13-15-24/h4-5,9-10,17-18H,6-8,11-16H2,1-3H3,(H,22,26). The zero-order valence-electron chi connectivity index (χ0n) is 16.6. The highest BCUT2D eigenvalue weighted by Gasteiger charge is 2.28. The molecule has 1 aromatic rings. The Hall–Kier alpha value is -1.75. The number of piperidine rings is 1. The number of hydrogen-bond acceptors (Lipinski definition) is 3. The molecule has 1 aromatic carbocycles. The number of para-hydroxylation sites is 2. The van der Waals surface area contributed by atoms with Crippen LogP contribution in [0.5, 0.6) is 0 Å². The van der Waals surface area contributed by atoms with Gasteiger partial charge in [-0.25, -0.2) is 4.79 Å². The summed E-state index contributed by atoms with van der Waals surface area (Å²) in [6, 6.07) is 8.68. The molecular weight excluding hydrogens is 324 g/mol. The molecule has 1 atom stereocenters. The zero-order chi connectivity index (χ0) is 18.5. The second kappa shape index (κ2) is 8.76. The Morgan fingerprint density at radius 1 is 1.12 bits per heavy atom. The van der Waals surface area contributed by atoms with Crippen LogP contribution in [0.2, 0.25) is 0 Å². The zero-order valence-corrected chi connectivity index (χ0v) is 16.6. The first kappa shape index (κ1) is 19.0. The van der Waals surface area contributed by atoms with Gasteiger partial charge in [0.2, 0.25) is 0 Å². The first-order valence-electron chi connectivity index (χ1n) is 10.1. The van der Waals surface area contributed by atoms with Crippen molar-refractivity contribution in [3.8, 4) is 0 Å². The van der Waals surface area contributed by atoms with E-state index in [4.69, 9.17) is 0 Å². The topological polar surface area (TPSA) is 38.8 Å². The first-order chi connectivity index (χ1) is 12.5. The van der Waals surface area contributed by atoms with E-state index in [2.05, 4.69) is 53.0 Å². The van der Waals surface area contributed by atoms with Crippen LogP contribution in [0.3, 0.4) is 0 Å². The molecule has 0 radical (unpaired) electrons. The van der Waals surface area contributed by atoms with Crippen molar-refractivity contribution in [2.24, 2.45) is 5.92 Å². The van der Waals surface area contributed by atoms with Gasteiger partial charge in [0.1, 0.15) is 0 Å². The van der Waals surface area contributed by atoms with Crippen molar-refractivity contribution in [2.75, 3.05) is 50.0 Å². The van der Waals surface area contributed by atoms with Gasteiger partial charge in [0, 0.05) is 38.8 Å². The smallest absolute Gasteiger partial charge is 0.322 e. The van der Waals surface area contributed by atoms with Crippen LogP contribution in [0.4, 0.5) is 16.2 Å². The molecule has 1 unspecified atom stereocenters. The van der Waals surface area contributed by atoms with Crippen LogP contribution in [-0.2, 0) is 0 Å². The van der Waals surface area contributed by atoms with Crippen molar-refractivity contribution in [1.29, 1.82) is 0 Å². The van der Waals surface area contributed by atoms with E-state index in [1.807, 2.05) is 12.1 Å². The normalized spacial score (nSPS) is 21.9. The summed E-state index contributed by atoms with van der Waals surface area (Å²) in [5.41, 5.74) is 2.09. The van der Waals surface area contributed by atoms with Gasteiger partial charge < -0.3 is 20.0 Å². The van der Waals surface area contributed by atoms with Gasteiger partial charge >= 0.3 is 6.03 Å². The summed E-state index contributed by atoms with van der Waals surface area (Å²) < 4.78 is 0. The van der Waals surface area contributed by atoms with E-state index in [9.17, 15) is 4.79 Å². The monoisotopic (exact) mass is 358 g/mol. The highest BCUT2D eigenvalue weighted by molar-refractivity contribution is 5.93. The van der Waals surface area contributed by atoms with Gasteiger partial charge in [0.05, 0.1) is 11.4 Å². The molecule has 2 amide bonds. The Labute approximate surface area is 158 Å². The van der Waals surface area contributed by atoms with E-state index in [0.29, 0.717) is 12.0 Å². The average molecular weight is 359 g/mol. The number of hydrogen-bond donors (Lipinski definition) is 1. The van der Waals surface area contributed by atoms with Gasteiger partial charge in [0.25, 0.3) is 0 Å². The highest BCUT2D eigenvalue weighted by Crippen LogP contribution is 2.28. The molecule has 0 aromatic heterocycles. The lowest BCUT2D eigenvalue weighted by molar-refractivity contribution is 0.150. The van der Waals surface area contributed by atoms with Crippen molar-refractivity contribution in [3.63, 3.8) is 0 Å². The van der Waals surface area contributed by atoms with Crippen LogP contribution >= 0.6 is 0 Å². The number of carbonyl (C=O) groups excluding carboxylic acids is 1. The Kier molecular flexibility index (Phi) is 6.41. The van der Waals surface area contributed by atoms with Crippen LogP contribution in [-0.4, -0.2) is 61.6 Å². The molecule has 2 saturated heterocycles. The fourth-order valence-electron chi connectivity index (χ4n) is 4.15. The number of anilines is 2. The van der Waals surface area contributed by atoms with Gasteiger partial charge in [-0.1, -0.05) is 26.0 Å². The van der Waals surface area contributed by atoms with Gasteiger partial charge in [-0.3, -0.25) is 0 Å². The van der Waals surface area contributed by atoms with Crippen LogP contribution in [0, 0.1) is 5.92 Å². The Morgan fingerprint density at radius 3 is 2.58 bits per heavy atom. The molecule has 5 heteroatoms. The Bertz CT molecular complexity index is 595. The quantitative estimate of drug-likeness (QED) is 0.888. The molecule has 5 nitrogen and oxygen atoms in total.